The molecule has 0 bridgehead atoms. The monoisotopic (exact) mass is 194 g/mol. The molecule has 0 heterocycles. The zero-order chi connectivity index (χ0) is 10.4. The van der Waals surface area contributed by atoms with E-state index in [4.69, 9.17) is 0 Å². The van der Waals surface area contributed by atoms with E-state index in [1.165, 1.54) is 6.08 Å². The van der Waals surface area contributed by atoms with Gasteiger partial charge in [-0.25, -0.2) is 4.79 Å². The van der Waals surface area contributed by atoms with Gasteiger partial charge in [0.05, 0.1) is 7.11 Å². The number of hydrogen-bond acceptors (Lipinski definition) is 2. The van der Waals surface area contributed by atoms with Crippen LogP contribution >= 0.6 is 0 Å². The van der Waals surface area contributed by atoms with Crippen molar-refractivity contribution < 1.29 is 13.9 Å². The number of rotatable bonds is 3. The number of carbonyl (C=O) groups excluding carboxylic acids is 1. The molecule has 0 radical (unpaired) electrons. The van der Waals surface area contributed by atoms with Crippen LogP contribution in [0.2, 0.25) is 0 Å². The van der Waals surface area contributed by atoms with Crippen molar-refractivity contribution in [3.05, 3.63) is 47.8 Å². The zero-order valence-corrected chi connectivity index (χ0v) is 7.87. The van der Waals surface area contributed by atoms with Crippen LogP contribution in [-0.2, 0) is 16.0 Å². The molecular formula is C11H11FO2. The van der Waals surface area contributed by atoms with Gasteiger partial charge in [0.15, 0.2) is 0 Å². The third-order valence-corrected chi connectivity index (χ3v) is 1.74. The summed E-state index contributed by atoms with van der Waals surface area (Å²) in [6.45, 7) is 0. The van der Waals surface area contributed by atoms with Crippen LogP contribution in [0.5, 0.6) is 0 Å². The van der Waals surface area contributed by atoms with Crippen LogP contribution in [-0.4, -0.2) is 13.1 Å². The van der Waals surface area contributed by atoms with Crippen LogP contribution in [0.3, 0.4) is 0 Å². The maximum Gasteiger partial charge on any atom is 0.366 e. The second-order valence-electron chi connectivity index (χ2n) is 2.73. The van der Waals surface area contributed by atoms with Crippen LogP contribution in [0, 0.1) is 0 Å². The number of allylic oxidation sites excluding steroid dienone is 1. The average molecular weight is 194 g/mol. The Morgan fingerprint density at radius 1 is 1.43 bits per heavy atom. The van der Waals surface area contributed by atoms with E-state index < -0.39 is 11.8 Å². The van der Waals surface area contributed by atoms with Crippen LogP contribution in [0.25, 0.3) is 0 Å². The largest absolute Gasteiger partial charge is 0.464 e. The fraction of sp³-hybridized carbons (Fsp3) is 0.182. The Hall–Kier alpha value is -1.64. The molecule has 74 valence electrons. The van der Waals surface area contributed by atoms with Crippen LogP contribution in [0.1, 0.15) is 5.56 Å². The highest BCUT2D eigenvalue weighted by Gasteiger charge is 2.06. The van der Waals surface area contributed by atoms with Gasteiger partial charge < -0.3 is 4.74 Å². The lowest BCUT2D eigenvalue weighted by atomic mass is 10.1. The summed E-state index contributed by atoms with van der Waals surface area (Å²) >= 11 is 0. The lowest BCUT2D eigenvalue weighted by molar-refractivity contribution is -0.137. The van der Waals surface area contributed by atoms with E-state index in [9.17, 15) is 9.18 Å². The van der Waals surface area contributed by atoms with Gasteiger partial charge in [0, 0.05) is 0 Å². The molecule has 0 unspecified atom stereocenters. The molecular weight excluding hydrogens is 183 g/mol. The molecule has 0 saturated heterocycles. The van der Waals surface area contributed by atoms with Crippen molar-refractivity contribution in [2.45, 2.75) is 6.42 Å². The lowest BCUT2D eigenvalue weighted by Gasteiger charge is -1.96. The van der Waals surface area contributed by atoms with Crippen molar-refractivity contribution in [1.29, 1.82) is 0 Å². The Kier molecular flexibility index (Phi) is 3.85. The molecule has 2 nitrogen and oxygen atoms in total. The number of halogens is 1. The van der Waals surface area contributed by atoms with Gasteiger partial charge in [-0.15, -0.1) is 0 Å². The number of benzene rings is 1. The minimum Gasteiger partial charge on any atom is -0.464 e. The van der Waals surface area contributed by atoms with Gasteiger partial charge in [0.25, 0.3) is 0 Å². The van der Waals surface area contributed by atoms with E-state index in [-0.39, 0.29) is 0 Å². The first-order valence-corrected chi connectivity index (χ1v) is 4.22. The number of ether oxygens (including phenoxy) is 1. The molecule has 1 rings (SSSR count). The Balaban J connectivity index is 2.59. The SMILES string of the molecule is COC(=O)/C(F)=C/Cc1ccccc1. The van der Waals surface area contributed by atoms with Gasteiger partial charge in [-0.2, -0.15) is 4.39 Å². The van der Waals surface area contributed by atoms with Crippen molar-refractivity contribution in [3.63, 3.8) is 0 Å². The maximum atomic E-state index is 12.9. The first kappa shape index (κ1) is 10.4. The Bertz CT molecular complexity index is 330. The fourth-order valence-corrected chi connectivity index (χ4v) is 1.00. The van der Waals surface area contributed by atoms with E-state index >= 15 is 0 Å². The second kappa shape index (κ2) is 5.17. The summed E-state index contributed by atoms with van der Waals surface area (Å²) in [6, 6.07) is 9.32. The summed E-state index contributed by atoms with van der Waals surface area (Å²) in [5, 5.41) is 0. The molecule has 0 fully saturated rings. The van der Waals surface area contributed by atoms with Gasteiger partial charge in [-0.3, -0.25) is 0 Å². The smallest absolute Gasteiger partial charge is 0.366 e. The molecule has 0 atom stereocenters. The van der Waals surface area contributed by atoms with E-state index in [2.05, 4.69) is 4.74 Å². The molecule has 14 heavy (non-hydrogen) atoms. The molecule has 0 spiro atoms. The third kappa shape index (κ3) is 3.01. The highest BCUT2D eigenvalue weighted by atomic mass is 19.1. The Morgan fingerprint density at radius 3 is 2.64 bits per heavy atom. The highest BCUT2D eigenvalue weighted by Crippen LogP contribution is 2.05. The molecule has 1 aromatic rings. The molecule has 0 aliphatic heterocycles. The van der Waals surface area contributed by atoms with Crippen molar-refractivity contribution >= 4 is 5.97 Å². The highest BCUT2D eigenvalue weighted by molar-refractivity contribution is 5.85. The molecule has 0 aliphatic carbocycles. The molecule has 3 heteroatoms. The maximum absolute atomic E-state index is 12.9. The van der Waals surface area contributed by atoms with Crippen molar-refractivity contribution in [2.24, 2.45) is 0 Å². The summed E-state index contributed by atoms with van der Waals surface area (Å²) in [6.07, 6.45) is 1.60. The quantitative estimate of drug-likeness (QED) is 0.545. The predicted molar refractivity (Wildman–Crippen MR) is 51.4 cm³/mol. The summed E-state index contributed by atoms with van der Waals surface area (Å²) in [5.74, 6) is -1.78. The summed E-state index contributed by atoms with van der Waals surface area (Å²) in [4.78, 5) is 10.7. The standard InChI is InChI=1S/C11H11FO2/c1-14-11(13)10(12)8-7-9-5-3-2-4-6-9/h2-6,8H,7H2,1H3/b10-8-. The number of methoxy groups -OCH3 is 1. The fourth-order valence-electron chi connectivity index (χ4n) is 1.00. The molecule has 0 aliphatic rings. The van der Waals surface area contributed by atoms with Gasteiger partial charge >= 0.3 is 5.97 Å². The van der Waals surface area contributed by atoms with Gasteiger partial charge in [0.1, 0.15) is 0 Å². The first-order valence-electron chi connectivity index (χ1n) is 4.22. The number of esters is 1. The summed E-state index contributed by atoms with van der Waals surface area (Å²) in [5.41, 5.74) is 0.951. The molecule has 0 aromatic heterocycles. The number of carbonyl (C=O) groups is 1. The summed E-state index contributed by atoms with van der Waals surface area (Å²) < 4.78 is 17.1. The summed E-state index contributed by atoms with van der Waals surface area (Å²) in [7, 11) is 1.15. The minimum atomic E-state index is -0.930. The normalized spacial score (nSPS) is 11.1. The van der Waals surface area contributed by atoms with E-state index in [1.807, 2.05) is 30.3 Å². The Labute approximate surface area is 82.0 Å². The van der Waals surface area contributed by atoms with Gasteiger partial charge in [-0.05, 0) is 18.1 Å². The lowest BCUT2D eigenvalue weighted by Crippen LogP contribution is -2.00. The first-order chi connectivity index (χ1) is 6.74. The van der Waals surface area contributed by atoms with Crippen LogP contribution < -0.4 is 0 Å². The van der Waals surface area contributed by atoms with E-state index in [1.54, 1.807) is 0 Å². The molecule has 1 aromatic carbocycles. The van der Waals surface area contributed by atoms with Crippen molar-refractivity contribution in [2.75, 3.05) is 7.11 Å². The zero-order valence-electron chi connectivity index (χ0n) is 7.87. The average Bonchev–Trinajstić information content (AvgIpc) is 2.26. The minimum absolute atomic E-state index is 0.391. The molecule has 0 amide bonds. The third-order valence-electron chi connectivity index (χ3n) is 1.74. The van der Waals surface area contributed by atoms with Gasteiger partial charge in [-0.1, -0.05) is 30.3 Å². The van der Waals surface area contributed by atoms with E-state index in [0.717, 1.165) is 12.7 Å². The molecule has 0 N–H and O–H groups in total. The van der Waals surface area contributed by atoms with E-state index in [0.29, 0.717) is 6.42 Å². The Morgan fingerprint density at radius 2 is 2.07 bits per heavy atom. The topological polar surface area (TPSA) is 26.3 Å². The van der Waals surface area contributed by atoms with Crippen molar-refractivity contribution in [1.82, 2.24) is 0 Å². The predicted octanol–water partition coefficient (Wildman–Crippen LogP) is 2.26. The number of hydrogen-bond donors (Lipinski definition) is 0. The molecule has 0 saturated carbocycles. The second-order valence-corrected chi connectivity index (χ2v) is 2.73. The van der Waals surface area contributed by atoms with Crippen LogP contribution in [0.4, 0.5) is 4.39 Å². The van der Waals surface area contributed by atoms with Crippen molar-refractivity contribution in [3.8, 4) is 0 Å². The van der Waals surface area contributed by atoms with Crippen LogP contribution in [0.15, 0.2) is 42.2 Å². The van der Waals surface area contributed by atoms with Gasteiger partial charge in [0.2, 0.25) is 5.83 Å².